The van der Waals surface area contributed by atoms with Gasteiger partial charge in [0.05, 0.1) is 5.69 Å². The Kier molecular flexibility index (Phi) is 7.89. The first-order valence-electron chi connectivity index (χ1n) is 21.3. The maximum absolute atomic E-state index is 2.71. The lowest BCUT2D eigenvalue weighted by atomic mass is 9.42. The monoisotopic (exact) mass is 747 g/mol. The summed E-state index contributed by atoms with van der Waals surface area (Å²) >= 11 is 2.02. The van der Waals surface area contributed by atoms with E-state index in [0.717, 1.165) is 11.8 Å². The van der Waals surface area contributed by atoms with Crippen LogP contribution in [0.25, 0.3) is 22.3 Å². The molecule has 1 nitrogen and oxygen atoms in total. The summed E-state index contributed by atoms with van der Waals surface area (Å²) in [6.07, 6.45) is 9.32. The maximum atomic E-state index is 2.71. The predicted molar refractivity (Wildman–Crippen MR) is 236 cm³/mol. The fraction of sp³-hybridized carbons (Fsp3) is 0.333. The van der Waals surface area contributed by atoms with Gasteiger partial charge in [-0.1, -0.05) is 130 Å². The Bertz CT molecular complexity index is 2390. The normalized spacial score (nSPS) is 26.0. The van der Waals surface area contributed by atoms with E-state index in [4.69, 9.17) is 0 Å². The molecule has 0 N–H and O–H groups in total. The van der Waals surface area contributed by atoms with Crippen molar-refractivity contribution in [2.24, 2.45) is 23.7 Å². The van der Waals surface area contributed by atoms with Crippen LogP contribution in [0.1, 0.15) is 94.9 Å². The molecule has 12 rings (SSSR count). The Morgan fingerprint density at radius 1 is 0.464 bits per heavy atom. The second kappa shape index (κ2) is 12.7. The number of hydrogen-bond acceptors (Lipinski definition) is 2. The average Bonchev–Trinajstić information content (AvgIpc) is 3.21. The third kappa shape index (κ3) is 5.27. The molecule has 0 saturated heterocycles. The van der Waals surface area contributed by atoms with Gasteiger partial charge in [-0.05, 0) is 167 Å². The van der Waals surface area contributed by atoms with Crippen LogP contribution in [-0.2, 0) is 16.2 Å². The van der Waals surface area contributed by atoms with E-state index in [1.54, 1.807) is 11.1 Å². The summed E-state index contributed by atoms with van der Waals surface area (Å²) < 4.78 is 0. The lowest BCUT2D eigenvalue weighted by Crippen LogP contribution is -2.57. The summed E-state index contributed by atoms with van der Waals surface area (Å²) in [5.41, 5.74) is 15.3. The van der Waals surface area contributed by atoms with Crippen molar-refractivity contribution in [1.29, 1.82) is 0 Å². The number of benzene rings is 6. The van der Waals surface area contributed by atoms with Crippen LogP contribution in [-0.4, -0.2) is 0 Å². The largest absolute Gasteiger partial charge is 0.310 e. The molecule has 4 saturated carbocycles. The van der Waals surface area contributed by atoms with Crippen LogP contribution in [0.15, 0.2) is 149 Å². The Morgan fingerprint density at radius 3 is 1.68 bits per heavy atom. The molecule has 0 radical (unpaired) electrons. The minimum Gasteiger partial charge on any atom is -0.310 e. The lowest BCUT2D eigenvalue weighted by Gasteiger charge is -2.63. The van der Waals surface area contributed by atoms with Crippen molar-refractivity contribution in [3.63, 3.8) is 0 Å². The molecule has 1 aliphatic heterocycles. The van der Waals surface area contributed by atoms with Crippen molar-refractivity contribution in [3.05, 3.63) is 162 Å². The van der Waals surface area contributed by atoms with Crippen LogP contribution < -0.4 is 4.90 Å². The van der Waals surface area contributed by atoms with Gasteiger partial charge in [0, 0.05) is 32.1 Å². The van der Waals surface area contributed by atoms with E-state index in [-0.39, 0.29) is 16.2 Å². The highest BCUT2D eigenvalue weighted by Gasteiger charge is 2.61. The number of nitrogens with zero attached hydrogens (tertiary/aromatic N) is 1. The molecule has 0 atom stereocenters. The molecule has 0 aromatic heterocycles. The molecule has 0 unspecified atom stereocenters. The van der Waals surface area contributed by atoms with Crippen molar-refractivity contribution in [2.75, 3.05) is 4.90 Å². The number of rotatable bonds is 5. The third-order valence-electron chi connectivity index (χ3n) is 15.1. The van der Waals surface area contributed by atoms with Crippen LogP contribution in [0.5, 0.6) is 0 Å². The van der Waals surface area contributed by atoms with Crippen LogP contribution in [0.4, 0.5) is 17.1 Å². The quantitative estimate of drug-likeness (QED) is 0.173. The van der Waals surface area contributed by atoms with Crippen LogP contribution in [0.3, 0.4) is 0 Å². The first kappa shape index (κ1) is 34.7. The van der Waals surface area contributed by atoms with Crippen LogP contribution in [0, 0.1) is 23.7 Å². The summed E-state index contributed by atoms with van der Waals surface area (Å²) in [6.45, 7) is 9.85. The van der Waals surface area contributed by atoms with Crippen molar-refractivity contribution >= 4 is 28.8 Å². The molecule has 6 aromatic rings. The second-order valence-corrected chi connectivity index (χ2v) is 20.3. The molecule has 2 heteroatoms. The van der Waals surface area contributed by atoms with E-state index >= 15 is 0 Å². The molecule has 6 aromatic carbocycles. The highest BCUT2D eigenvalue weighted by Crippen LogP contribution is 2.70. The van der Waals surface area contributed by atoms with Gasteiger partial charge in [0.1, 0.15) is 0 Å². The Hall–Kier alpha value is -4.53. The summed E-state index contributed by atoms with van der Waals surface area (Å²) in [4.78, 5) is 5.64. The highest BCUT2D eigenvalue weighted by molar-refractivity contribution is 7.99. The topological polar surface area (TPSA) is 3.24 Å². The van der Waals surface area contributed by atoms with Crippen molar-refractivity contribution in [1.82, 2.24) is 0 Å². The summed E-state index contributed by atoms with van der Waals surface area (Å²) in [6, 6.07) is 53.8. The molecule has 1 spiro atoms. The molecule has 0 amide bonds. The van der Waals surface area contributed by atoms with Gasteiger partial charge in [0.15, 0.2) is 0 Å². The lowest BCUT2D eigenvalue weighted by molar-refractivity contribution is -0.0441. The smallest absolute Gasteiger partial charge is 0.0514 e. The van der Waals surface area contributed by atoms with Gasteiger partial charge in [0.2, 0.25) is 0 Å². The number of anilines is 3. The highest BCUT2D eigenvalue weighted by atomic mass is 32.2. The van der Waals surface area contributed by atoms with Gasteiger partial charge in [0.25, 0.3) is 0 Å². The van der Waals surface area contributed by atoms with E-state index in [2.05, 4.69) is 172 Å². The summed E-state index contributed by atoms with van der Waals surface area (Å²) in [5.74, 6) is 3.11. The van der Waals surface area contributed by atoms with Crippen molar-refractivity contribution < 1.29 is 0 Å². The van der Waals surface area contributed by atoms with Gasteiger partial charge in [-0.2, -0.15) is 0 Å². The summed E-state index contributed by atoms with van der Waals surface area (Å²) in [7, 11) is 0. The van der Waals surface area contributed by atoms with Crippen molar-refractivity contribution in [3.8, 4) is 22.3 Å². The third-order valence-corrected chi connectivity index (χ3v) is 16.3. The van der Waals surface area contributed by atoms with Crippen LogP contribution in [0.2, 0.25) is 0 Å². The molecule has 280 valence electrons. The average molecular weight is 748 g/mol. The van der Waals surface area contributed by atoms with E-state index in [1.165, 1.54) is 105 Å². The van der Waals surface area contributed by atoms with Gasteiger partial charge in [-0.25, -0.2) is 0 Å². The molecule has 4 bridgehead atoms. The summed E-state index contributed by atoms with van der Waals surface area (Å²) in [5, 5.41) is 0. The van der Waals surface area contributed by atoms with Gasteiger partial charge >= 0.3 is 0 Å². The zero-order chi connectivity index (χ0) is 37.8. The molecule has 6 aliphatic rings. The zero-order valence-corrected chi connectivity index (χ0v) is 34.2. The molecular weight excluding hydrogens is 695 g/mol. The van der Waals surface area contributed by atoms with E-state index in [0.29, 0.717) is 11.8 Å². The van der Waals surface area contributed by atoms with Gasteiger partial charge in [-0.3, -0.25) is 0 Å². The SMILES string of the molecule is CC1(C)CCC(C)(C)c2cc(N(c3cc(-c4ccccc4)cc(-c4ccccc4)c3)c3cccc4c3C3(c5ccccc5S4)C4CC5CC(C4)CC3C5)ccc21. The maximum Gasteiger partial charge on any atom is 0.0514 e. The predicted octanol–water partition coefficient (Wildman–Crippen LogP) is 15.0. The first-order chi connectivity index (χ1) is 27.2. The van der Waals surface area contributed by atoms with Crippen molar-refractivity contribution in [2.45, 2.75) is 98.7 Å². The Labute approximate surface area is 338 Å². The molecule has 1 heterocycles. The first-order valence-corrected chi connectivity index (χ1v) is 22.1. The Morgan fingerprint density at radius 2 is 1.04 bits per heavy atom. The zero-order valence-electron chi connectivity index (χ0n) is 33.4. The fourth-order valence-electron chi connectivity index (χ4n) is 12.6. The Balaban J connectivity index is 1.22. The van der Waals surface area contributed by atoms with E-state index in [9.17, 15) is 0 Å². The van der Waals surface area contributed by atoms with Gasteiger partial charge in [-0.15, -0.1) is 0 Å². The second-order valence-electron chi connectivity index (χ2n) is 19.3. The van der Waals surface area contributed by atoms with Gasteiger partial charge < -0.3 is 4.90 Å². The minimum absolute atomic E-state index is 0.00815. The van der Waals surface area contributed by atoms with Crippen LogP contribution >= 0.6 is 11.8 Å². The molecule has 5 aliphatic carbocycles. The molecule has 4 fully saturated rings. The molecular formula is C54H53NS. The number of hydrogen-bond donors (Lipinski definition) is 0. The minimum atomic E-state index is 0.00815. The fourth-order valence-corrected chi connectivity index (χ4v) is 13.9. The standard InChI is InChI=1S/C54H53NS/c1-52(2)24-25-53(3,4)47-34-43(22-23-45(47)52)55(44-32-39(37-14-7-5-8-15-37)31-40(33-44)38-16-9-6-10-17-38)48-19-13-21-50-51(48)54(46-18-11-12-20-49(46)56-50)41-27-35-26-36(29-41)30-42(54)28-35/h5-23,31-36,41-42H,24-30H2,1-4H3. The van der Waals surface area contributed by atoms with E-state index in [1.807, 2.05) is 11.8 Å². The number of fused-ring (bicyclic) bond motifs is 3. The van der Waals surface area contributed by atoms with E-state index < -0.39 is 0 Å². The molecule has 56 heavy (non-hydrogen) atoms.